The molecule has 0 saturated heterocycles. The van der Waals surface area contributed by atoms with Crippen molar-refractivity contribution in [1.82, 2.24) is 15.1 Å². The number of nitrogens with one attached hydrogen (secondary N) is 1. The Labute approximate surface area is 168 Å². The van der Waals surface area contributed by atoms with Gasteiger partial charge in [-0.2, -0.15) is 5.10 Å². The fourth-order valence-corrected chi connectivity index (χ4v) is 3.37. The molecule has 3 aromatic carbocycles. The third-order valence-electron chi connectivity index (χ3n) is 4.65. The number of nitrogens with zero attached hydrogens (tertiary/aromatic N) is 2. The van der Waals surface area contributed by atoms with Crippen molar-refractivity contribution in [2.45, 2.75) is 13.0 Å². The number of rotatable bonds is 6. The van der Waals surface area contributed by atoms with Crippen LogP contribution in [0.3, 0.4) is 0 Å². The first-order chi connectivity index (χ1) is 13.7. The topological polar surface area (TPSA) is 46.9 Å². The summed E-state index contributed by atoms with van der Waals surface area (Å²) in [5, 5.41) is 9.45. The van der Waals surface area contributed by atoms with Crippen LogP contribution in [0.15, 0.2) is 78.9 Å². The quantitative estimate of drug-likeness (QED) is 0.519. The van der Waals surface area contributed by atoms with E-state index in [1.807, 2.05) is 78.9 Å². The van der Waals surface area contributed by atoms with Crippen LogP contribution in [0.2, 0.25) is 5.02 Å². The van der Waals surface area contributed by atoms with Crippen LogP contribution < -0.4 is 5.32 Å². The van der Waals surface area contributed by atoms with E-state index in [0.29, 0.717) is 11.6 Å². The van der Waals surface area contributed by atoms with Gasteiger partial charge in [0, 0.05) is 22.5 Å². The maximum Gasteiger partial charge on any atom is 0.241 e. The zero-order chi connectivity index (χ0) is 19.3. The third kappa shape index (κ3) is 4.07. The highest BCUT2D eigenvalue weighted by atomic mass is 35.5. The van der Waals surface area contributed by atoms with E-state index in [9.17, 15) is 4.79 Å². The van der Waals surface area contributed by atoms with Gasteiger partial charge in [-0.15, -0.1) is 0 Å². The molecule has 0 radical (unpaired) electrons. The molecule has 0 spiro atoms. The van der Waals surface area contributed by atoms with Crippen LogP contribution in [0.1, 0.15) is 5.56 Å². The van der Waals surface area contributed by atoms with E-state index in [4.69, 9.17) is 16.7 Å². The second-order valence-corrected chi connectivity index (χ2v) is 7.05. The van der Waals surface area contributed by atoms with Crippen molar-refractivity contribution in [1.29, 1.82) is 0 Å². The smallest absolute Gasteiger partial charge is 0.241 e. The molecule has 140 valence electrons. The number of fused-ring (bicyclic) bond motifs is 1. The Morgan fingerprint density at radius 2 is 1.64 bits per heavy atom. The largest absolute Gasteiger partial charge is 0.354 e. The Morgan fingerprint density at radius 3 is 2.43 bits per heavy atom. The summed E-state index contributed by atoms with van der Waals surface area (Å²) in [6.07, 6.45) is 0.762. The van der Waals surface area contributed by atoms with Crippen LogP contribution in [0, 0.1) is 0 Å². The summed E-state index contributed by atoms with van der Waals surface area (Å²) < 4.78 is 1.77. The number of aromatic nitrogens is 2. The molecule has 1 N–H and O–H groups in total. The van der Waals surface area contributed by atoms with Crippen molar-refractivity contribution < 1.29 is 4.79 Å². The van der Waals surface area contributed by atoms with E-state index in [1.165, 1.54) is 0 Å². The highest BCUT2D eigenvalue weighted by Gasteiger charge is 2.13. The minimum Gasteiger partial charge on any atom is -0.354 e. The number of para-hydroxylation sites is 1. The van der Waals surface area contributed by atoms with E-state index in [2.05, 4.69) is 5.32 Å². The van der Waals surface area contributed by atoms with Gasteiger partial charge in [-0.05, 0) is 30.2 Å². The number of amides is 1. The molecular weight excluding hydrogens is 370 g/mol. The van der Waals surface area contributed by atoms with Gasteiger partial charge in [-0.25, -0.2) is 0 Å². The van der Waals surface area contributed by atoms with Crippen LogP contribution in [0.25, 0.3) is 22.2 Å². The third-order valence-corrected chi connectivity index (χ3v) is 4.90. The van der Waals surface area contributed by atoms with Gasteiger partial charge in [0.2, 0.25) is 5.91 Å². The number of carbonyl (C=O) groups excluding carboxylic acids is 1. The number of hydrogen-bond donors (Lipinski definition) is 1. The van der Waals surface area contributed by atoms with Crippen LogP contribution in [-0.4, -0.2) is 22.2 Å². The molecule has 0 fully saturated rings. The molecule has 0 aliphatic rings. The van der Waals surface area contributed by atoms with Crippen molar-refractivity contribution in [3.63, 3.8) is 0 Å². The molecule has 0 unspecified atom stereocenters. The Balaban J connectivity index is 1.47. The first kappa shape index (κ1) is 18.3. The van der Waals surface area contributed by atoms with Gasteiger partial charge in [0.25, 0.3) is 0 Å². The molecule has 4 aromatic rings. The van der Waals surface area contributed by atoms with Gasteiger partial charge in [0.15, 0.2) is 0 Å². The van der Waals surface area contributed by atoms with Gasteiger partial charge in [-0.1, -0.05) is 72.3 Å². The Bertz CT molecular complexity index is 1090. The van der Waals surface area contributed by atoms with Gasteiger partial charge in [-0.3, -0.25) is 9.48 Å². The van der Waals surface area contributed by atoms with Crippen molar-refractivity contribution in [3.05, 3.63) is 89.4 Å². The average Bonchev–Trinajstić information content (AvgIpc) is 3.09. The summed E-state index contributed by atoms with van der Waals surface area (Å²) in [5.74, 6) is -0.0539. The van der Waals surface area contributed by atoms with Gasteiger partial charge in [0.1, 0.15) is 12.2 Å². The highest BCUT2D eigenvalue weighted by Crippen LogP contribution is 2.27. The molecule has 0 saturated carbocycles. The number of hydrogen-bond acceptors (Lipinski definition) is 2. The highest BCUT2D eigenvalue weighted by molar-refractivity contribution is 6.30. The summed E-state index contributed by atoms with van der Waals surface area (Å²) in [4.78, 5) is 12.5. The predicted molar refractivity (Wildman–Crippen MR) is 113 cm³/mol. The Hall–Kier alpha value is -3.11. The van der Waals surface area contributed by atoms with Crippen molar-refractivity contribution >= 4 is 28.4 Å². The summed E-state index contributed by atoms with van der Waals surface area (Å²) >= 11 is 5.90. The lowest BCUT2D eigenvalue weighted by Crippen LogP contribution is -2.29. The van der Waals surface area contributed by atoms with Gasteiger partial charge >= 0.3 is 0 Å². The summed E-state index contributed by atoms with van der Waals surface area (Å²) in [6.45, 7) is 0.763. The lowest BCUT2D eigenvalue weighted by molar-refractivity contribution is -0.121. The van der Waals surface area contributed by atoms with Crippen LogP contribution in [0.4, 0.5) is 0 Å². The summed E-state index contributed by atoms with van der Waals surface area (Å²) in [5.41, 5.74) is 4.03. The molecule has 1 heterocycles. The molecular formula is C23H20ClN3O. The van der Waals surface area contributed by atoms with Gasteiger partial charge < -0.3 is 5.32 Å². The van der Waals surface area contributed by atoms with E-state index in [0.717, 1.165) is 34.1 Å². The second-order valence-electron chi connectivity index (χ2n) is 6.62. The number of benzene rings is 3. The Morgan fingerprint density at radius 1 is 0.929 bits per heavy atom. The van der Waals surface area contributed by atoms with Crippen molar-refractivity contribution in [2.75, 3.05) is 6.54 Å². The lowest BCUT2D eigenvalue weighted by atomic mass is 10.1. The zero-order valence-electron chi connectivity index (χ0n) is 15.3. The SMILES string of the molecule is O=C(Cn1nc(-c2ccccc2)c2ccccc21)NCCc1ccc(Cl)cc1. The second kappa shape index (κ2) is 8.28. The molecule has 4 nitrogen and oxygen atoms in total. The molecule has 0 aliphatic heterocycles. The lowest BCUT2D eigenvalue weighted by Gasteiger charge is -2.07. The van der Waals surface area contributed by atoms with Crippen LogP contribution in [-0.2, 0) is 17.8 Å². The zero-order valence-corrected chi connectivity index (χ0v) is 16.1. The summed E-state index contributed by atoms with van der Waals surface area (Å²) in [7, 11) is 0. The molecule has 1 aromatic heterocycles. The summed E-state index contributed by atoms with van der Waals surface area (Å²) in [6, 6.07) is 25.7. The average molecular weight is 390 g/mol. The van der Waals surface area contributed by atoms with E-state index >= 15 is 0 Å². The van der Waals surface area contributed by atoms with E-state index in [-0.39, 0.29) is 12.5 Å². The number of carbonyl (C=O) groups is 1. The van der Waals surface area contributed by atoms with Crippen LogP contribution in [0.5, 0.6) is 0 Å². The minimum absolute atomic E-state index is 0.0539. The molecule has 0 aliphatic carbocycles. The minimum atomic E-state index is -0.0539. The fourth-order valence-electron chi connectivity index (χ4n) is 3.25. The standard InChI is InChI=1S/C23H20ClN3O/c24-19-12-10-17(11-13-19)14-15-25-22(28)16-27-21-9-5-4-8-20(21)23(26-27)18-6-2-1-3-7-18/h1-13H,14-16H2,(H,25,28). The molecule has 4 rings (SSSR count). The maximum atomic E-state index is 12.5. The normalized spacial score (nSPS) is 10.9. The first-order valence-corrected chi connectivity index (χ1v) is 9.60. The van der Waals surface area contributed by atoms with E-state index < -0.39 is 0 Å². The van der Waals surface area contributed by atoms with E-state index in [1.54, 1.807) is 4.68 Å². The van der Waals surface area contributed by atoms with Crippen LogP contribution >= 0.6 is 11.6 Å². The Kier molecular flexibility index (Phi) is 5.40. The monoisotopic (exact) mass is 389 g/mol. The van der Waals surface area contributed by atoms with Crippen molar-refractivity contribution in [2.24, 2.45) is 0 Å². The molecule has 28 heavy (non-hydrogen) atoms. The van der Waals surface area contributed by atoms with Crippen molar-refractivity contribution in [3.8, 4) is 11.3 Å². The number of halogens is 1. The van der Waals surface area contributed by atoms with Gasteiger partial charge in [0.05, 0.1) is 5.52 Å². The predicted octanol–water partition coefficient (Wildman–Crippen LogP) is 4.72. The fraction of sp³-hybridized carbons (Fsp3) is 0.130. The molecule has 0 bridgehead atoms. The molecule has 5 heteroatoms. The first-order valence-electron chi connectivity index (χ1n) is 9.23. The maximum absolute atomic E-state index is 12.5. The molecule has 0 atom stereocenters. The molecule has 1 amide bonds.